The molecule has 1 fully saturated rings. The van der Waals surface area contributed by atoms with Crippen molar-refractivity contribution in [3.8, 4) is 0 Å². The lowest BCUT2D eigenvalue weighted by molar-refractivity contribution is -0.136. The molecule has 1 unspecified atom stereocenters. The van der Waals surface area contributed by atoms with Crippen LogP contribution in [0.25, 0.3) is 0 Å². The zero-order chi connectivity index (χ0) is 17.2. The molecule has 132 valence electrons. The smallest absolute Gasteiger partial charge is 0.222 e. The molecule has 6 nitrogen and oxygen atoms in total. The van der Waals surface area contributed by atoms with Crippen molar-refractivity contribution in [2.45, 2.75) is 65.3 Å². The van der Waals surface area contributed by atoms with E-state index in [4.69, 9.17) is 0 Å². The van der Waals surface area contributed by atoms with Crippen molar-refractivity contribution in [3.05, 3.63) is 0 Å². The Balaban J connectivity index is 2.21. The fraction of sp³-hybridized carbons (Fsp3) is 0.824. The van der Waals surface area contributed by atoms with E-state index in [1.807, 2.05) is 25.7 Å². The average molecular weight is 325 g/mol. The highest BCUT2D eigenvalue weighted by Crippen LogP contribution is 2.13. The van der Waals surface area contributed by atoms with Crippen LogP contribution in [-0.4, -0.2) is 59.7 Å². The van der Waals surface area contributed by atoms with E-state index in [-0.39, 0.29) is 23.8 Å². The van der Waals surface area contributed by atoms with Crippen LogP contribution in [0.1, 0.15) is 59.3 Å². The van der Waals surface area contributed by atoms with Gasteiger partial charge in [0, 0.05) is 51.5 Å². The van der Waals surface area contributed by atoms with Crippen LogP contribution in [0.5, 0.6) is 0 Å². The van der Waals surface area contributed by atoms with Crippen LogP contribution in [0.15, 0.2) is 0 Å². The van der Waals surface area contributed by atoms with Gasteiger partial charge in [-0.3, -0.25) is 14.4 Å². The second-order valence-corrected chi connectivity index (χ2v) is 6.12. The third-order valence-electron chi connectivity index (χ3n) is 4.40. The first-order valence-electron chi connectivity index (χ1n) is 8.83. The van der Waals surface area contributed by atoms with Gasteiger partial charge >= 0.3 is 0 Å². The molecule has 1 heterocycles. The summed E-state index contributed by atoms with van der Waals surface area (Å²) in [6, 6.07) is 0.0315. The summed E-state index contributed by atoms with van der Waals surface area (Å²) in [7, 11) is 0. The molecule has 6 heteroatoms. The first-order chi connectivity index (χ1) is 11.0. The number of hydrogen-bond acceptors (Lipinski definition) is 3. The standard InChI is InChI=1S/C17H31N3O3/c1-4-19(5-2)16(22)11-8-9-15(21)18-13-14(3)20-12-7-6-10-17(20)23/h14H,4-13H2,1-3H3,(H,18,21). The van der Waals surface area contributed by atoms with E-state index in [2.05, 4.69) is 5.32 Å². The van der Waals surface area contributed by atoms with E-state index in [0.29, 0.717) is 45.3 Å². The number of nitrogens with one attached hydrogen (secondary N) is 1. The van der Waals surface area contributed by atoms with Gasteiger partial charge in [-0.2, -0.15) is 0 Å². The van der Waals surface area contributed by atoms with Crippen molar-refractivity contribution in [2.75, 3.05) is 26.2 Å². The van der Waals surface area contributed by atoms with Crippen molar-refractivity contribution in [1.82, 2.24) is 15.1 Å². The van der Waals surface area contributed by atoms with Crippen LogP contribution in [0.4, 0.5) is 0 Å². The van der Waals surface area contributed by atoms with E-state index in [1.165, 1.54) is 0 Å². The van der Waals surface area contributed by atoms with Gasteiger partial charge in [-0.25, -0.2) is 0 Å². The number of amides is 3. The zero-order valence-electron chi connectivity index (χ0n) is 14.8. The summed E-state index contributed by atoms with van der Waals surface area (Å²) in [6.07, 6.45) is 3.96. The highest BCUT2D eigenvalue weighted by atomic mass is 16.2. The summed E-state index contributed by atoms with van der Waals surface area (Å²) in [5.74, 6) is 0.242. The minimum absolute atomic E-state index is 0.0315. The Morgan fingerprint density at radius 3 is 2.52 bits per heavy atom. The third kappa shape index (κ3) is 6.59. The first kappa shape index (κ1) is 19.5. The SMILES string of the molecule is CCN(CC)C(=O)CCCC(=O)NCC(C)N1CCCCC1=O. The number of nitrogens with zero attached hydrogens (tertiary/aromatic N) is 2. The largest absolute Gasteiger partial charge is 0.354 e. The molecule has 1 N–H and O–H groups in total. The molecule has 0 aliphatic carbocycles. The van der Waals surface area contributed by atoms with Crippen LogP contribution in [-0.2, 0) is 14.4 Å². The van der Waals surface area contributed by atoms with Gasteiger partial charge in [-0.15, -0.1) is 0 Å². The molecule has 23 heavy (non-hydrogen) atoms. The Hall–Kier alpha value is -1.59. The number of piperidine rings is 1. The molecule has 0 bridgehead atoms. The lowest BCUT2D eigenvalue weighted by atomic mass is 10.1. The topological polar surface area (TPSA) is 69.7 Å². The van der Waals surface area contributed by atoms with Crippen LogP contribution >= 0.6 is 0 Å². The molecule has 1 aliphatic heterocycles. The fourth-order valence-electron chi connectivity index (χ4n) is 2.89. The van der Waals surface area contributed by atoms with Gasteiger partial charge in [0.05, 0.1) is 0 Å². The second-order valence-electron chi connectivity index (χ2n) is 6.12. The van der Waals surface area contributed by atoms with Gasteiger partial charge in [0.25, 0.3) is 0 Å². The van der Waals surface area contributed by atoms with Gasteiger partial charge in [0.2, 0.25) is 17.7 Å². The van der Waals surface area contributed by atoms with E-state index >= 15 is 0 Å². The quantitative estimate of drug-likeness (QED) is 0.699. The molecule has 1 aliphatic rings. The molecule has 0 spiro atoms. The maximum absolute atomic E-state index is 11.9. The van der Waals surface area contributed by atoms with Gasteiger partial charge in [-0.1, -0.05) is 0 Å². The summed E-state index contributed by atoms with van der Waals surface area (Å²) in [5, 5.41) is 2.87. The predicted molar refractivity (Wildman–Crippen MR) is 89.8 cm³/mol. The molecule has 1 saturated heterocycles. The second kappa shape index (κ2) is 10.2. The number of likely N-dealkylation sites (tertiary alicyclic amines) is 1. The normalized spacial score (nSPS) is 16.1. The van der Waals surface area contributed by atoms with Crippen molar-refractivity contribution in [2.24, 2.45) is 0 Å². The number of rotatable bonds is 9. The molecule has 1 atom stereocenters. The first-order valence-corrected chi connectivity index (χ1v) is 8.83. The van der Waals surface area contributed by atoms with Gasteiger partial charge < -0.3 is 15.1 Å². The molecule has 0 saturated carbocycles. The molecule has 3 amide bonds. The van der Waals surface area contributed by atoms with E-state index in [1.54, 1.807) is 4.90 Å². The van der Waals surface area contributed by atoms with Crippen molar-refractivity contribution >= 4 is 17.7 Å². The van der Waals surface area contributed by atoms with Gasteiger partial charge in [0.1, 0.15) is 0 Å². The van der Waals surface area contributed by atoms with Crippen LogP contribution in [0.2, 0.25) is 0 Å². The Kier molecular flexibility index (Phi) is 8.66. The van der Waals surface area contributed by atoms with Crippen LogP contribution in [0.3, 0.4) is 0 Å². The summed E-state index contributed by atoms with van der Waals surface area (Å²) < 4.78 is 0. The summed E-state index contributed by atoms with van der Waals surface area (Å²) in [5.41, 5.74) is 0. The fourth-order valence-corrected chi connectivity index (χ4v) is 2.89. The highest BCUT2D eigenvalue weighted by molar-refractivity contribution is 5.79. The molecule has 1 rings (SSSR count). The Labute approximate surface area is 139 Å². The predicted octanol–water partition coefficient (Wildman–Crippen LogP) is 1.54. The zero-order valence-corrected chi connectivity index (χ0v) is 14.8. The molecule has 0 aromatic rings. The van der Waals surface area contributed by atoms with Crippen LogP contribution in [0, 0.1) is 0 Å². The average Bonchev–Trinajstić information content (AvgIpc) is 2.54. The van der Waals surface area contributed by atoms with Crippen molar-refractivity contribution in [1.29, 1.82) is 0 Å². The summed E-state index contributed by atoms with van der Waals surface area (Å²) >= 11 is 0. The minimum atomic E-state index is -0.0475. The summed E-state index contributed by atoms with van der Waals surface area (Å²) in [4.78, 5) is 39.2. The molecule has 0 radical (unpaired) electrons. The number of hydrogen-bond donors (Lipinski definition) is 1. The van der Waals surface area contributed by atoms with Crippen LogP contribution < -0.4 is 5.32 Å². The van der Waals surface area contributed by atoms with Gasteiger partial charge in [-0.05, 0) is 40.0 Å². The van der Waals surface area contributed by atoms with Crippen molar-refractivity contribution in [3.63, 3.8) is 0 Å². The Bertz CT molecular complexity index is 408. The molecular formula is C17H31N3O3. The lowest BCUT2D eigenvalue weighted by Crippen LogP contribution is -2.47. The third-order valence-corrected chi connectivity index (χ3v) is 4.40. The van der Waals surface area contributed by atoms with E-state index < -0.39 is 0 Å². The van der Waals surface area contributed by atoms with Gasteiger partial charge in [0.15, 0.2) is 0 Å². The molecule has 0 aromatic heterocycles. The Morgan fingerprint density at radius 1 is 1.22 bits per heavy atom. The number of carbonyl (C=O) groups excluding carboxylic acids is 3. The lowest BCUT2D eigenvalue weighted by Gasteiger charge is -2.32. The van der Waals surface area contributed by atoms with Crippen molar-refractivity contribution < 1.29 is 14.4 Å². The maximum atomic E-state index is 11.9. The van der Waals surface area contributed by atoms with E-state index in [9.17, 15) is 14.4 Å². The molecular weight excluding hydrogens is 294 g/mol. The summed E-state index contributed by atoms with van der Waals surface area (Å²) in [6.45, 7) is 8.57. The Morgan fingerprint density at radius 2 is 1.91 bits per heavy atom. The number of carbonyl (C=O) groups is 3. The highest BCUT2D eigenvalue weighted by Gasteiger charge is 2.23. The minimum Gasteiger partial charge on any atom is -0.354 e. The maximum Gasteiger partial charge on any atom is 0.222 e. The molecule has 0 aromatic carbocycles. The van der Waals surface area contributed by atoms with E-state index in [0.717, 1.165) is 19.4 Å². The monoisotopic (exact) mass is 325 g/mol.